The highest BCUT2D eigenvalue weighted by Crippen LogP contribution is 2.33. The van der Waals surface area contributed by atoms with Crippen LogP contribution in [-0.2, 0) is 25.7 Å². The molecule has 114 valence electrons. The van der Waals surface area contributed by atoms with Crippen LogP contribution in [0.5, 0.6) is 0 Å². The number of carbonyl (C=O) groups excluding carboxylic acids is 4. The second-order valence-corrected chi connectivity index (χ2v) is 5.04. The van der Waals surface area contributed by atoms with Crippen LogP contribution in [0, 0.1) is 5.92 Å². The lowest BCUT2D eigenvalue weighted by molar-refractivity contribution is -0.142. The first kappa shape index (κ1) is 15.7. The maximum atomic E-state index is 12.3. The van der Waals surface area contributed by atoms with Crippen molar-refractivity contribution in [2.45, 2.75) is 26.1 Å². The summed E-state index contributed by atoms with van der Waals surface area (Å²) in [5, 5.41) is 9.39. The molecule has 0 fully saturated rings. The van der Waals surface area contributed by atoms with E-state index in [1.807, 2.05) is 18.2 Å². The first-order chi connectivity index (χ1) is 10.4. The van der Waals surface area contributed by atoms with Gasteiger partial charge in [0.2, 0.25) is 11.7 Å². The van der Waals surface area contributed by atoms with Gasteiger partial charge in [-0.2, -0.15) is 0 Å². The fourth-order valence-corrected chi connectivity index (χ4v) is 2.04. The Kier molecular flexibility index (Phi) is 4.25. The van der Waals surface area contributed by atoms with E-state index in [1.165, 1.54) is 0 Å². The molecule has 7 heteroatoms. The molecule has 1 N–H and O–H groups in total. The molecule has 0 saturated heterocycles. The van der Waals surface area contributed by atoms with E-state index in [0.29, 0.717) is 0 Å². The summed E-state index contributed by atoms with van der Waals surface area (Å²) in [7, 11) is 0. The Balaban J connectivity index is 2.08. The number of benzene rings is 1. The summed E-state index contributed by atoms with van der Waals surface area (Å²) < 4.78 is 0. The van der Waals surface area contributed by atoms with Gasteiger partial charge in [0.05, 0.1) is 0 Å². The minimum atomic E-state index is -1.86. The lowest BCUT2D eigenvalue weighted by Gasteiger charge is -2.15. The lowest BCUT2D eigenvalue weighted by Crippen LogP contribution is -2.47. The molecule has 2 rings (SSSR count). The van der Waals surface area contributed by atoms with Gasteiger partial charge in [0.1, 0.15) is 5.78 Å². The summed E-state index contributed by atoms with van der Waals surface area (Å²) in [5.74, 6) is -4.46. The Morgan fingerprint density at radius 3 is 2.14 bits per heavy atom. The Hall–Kier alpha value is -2.70. The molecule has 1 atom stereocenters. The number of hydrogen-bond acceptors (Lipinski definition) is 6. The first-order valence-electron chi connectivity index (χ1n) is 6.70. The van der Waals surface area contributed by atoms with Gasteiger partial charge in [-0.1, -0.05) is 30.3 Å². The Morgan fingerprint density at radius 1 is 1.09 bits per heavy atom. The predicted octanol–water partition coefficient (Wildman–Crippen LogP) is 0.828. The van der Waals surface area contributed by atoms with Crippen molar-refractivity contribution in [1.82, 2.24) is 5.32 Å². The van der Waals surface area contributed by atoms with Crippen molar-refractivity contribution in [2.24, 2.45) is 16.1 Å². The molecule has 1 unspecified atom stereocenters. The highest BCUT2D eigenvalue weighted by Gasteiger charge is 2.57. The zero-order valence-electron chi connectivity index (χ0n) is 12.2. The third-order valence-electron chi connectivity index (χ3n) is 3.37. The molecule has 0 spiro atoms. The van der Waals surface area contributed by atoms with E-state index in [4.69, 9.17) is 0 Å². The molecule has 1 heterocycles. The fourth-order valence-electron chi connectivity index (χ4n) is 2.04. The van der Waals surface area contributed by atoms with Gasteiger partial charge in [0.15, 0.2) is 11.7 Å². The average molecular weight is 301 g/mol. The molecule has 0 saturated carbocycles. The van der Waals surface area contributed by atoms with E-state index in [0.717, 1.165) is 19.4 Å². The summed E-state index contributed by atoms with van der Waals surface area (Å²) in [6.07, 6.45) is 0. The molecule has 1 aliphatic heterocycles. The Bertz CT molecular complexity index is 661. The van der Waals surface area contributed by atoms with Crippen LogP contribution in [-0.4, -0.2) is 28.9 Å². The Morgan fingerprint density at radius 2 is 1.68 bits per heavy atom. The minimum Gasteiger partial charge on any atom is -0.351 e. The third-order valence-corrected chi connectivity index (χ3v) is 3.37. The molecule has 1 aliphatic rings. The van der Waals surface area contributed by atoms with E-state index in [-0.39, 0.29) is 6.54 Å². The summed E-state index contributed by atoms with van der Waals surface area (Å²) in [5.41, 5.74) is -1.03. The van der Waals surface area contributed by atoms with Crippen LogP contribution in [0.15, 0.2) is 40.6 Å². The van der Waals surface area contributed by atoms with E-state index in [2.05, 4.69) is 15.5 Å². The molecular weight excluding hydrogens is 286 g/mol. The first-order valence-corrected chi connectivity index (χ1v) is 6.70. The van der Waals surface area contributed by atoms with E-state index >= 15 is 0 Å². The molecule has 1 aromatic carbocycles. The van der Waals surface area contributed by atoms with Crippen LogP contribution in [0.1, 0.15) is 19.4 Å². The van der Waals surface area contributed by atoms with Crippen LogP contribution in [0.4, 0.5) is 0 Å². The van der Waals surface area contributed by atoms with Crippen molar-refractivity contribution < 1.29 is 19.2 Å². The Labute approximate surface area is 126 Å². The smallest absolute Gasteiger partial charge is 0.306 e. The maximum absolute atomic E-state index is 12.3. The molecular formula is C15H15N3O4. The summed E-state index contributed by atoms with van der Waals surface area (Å²) in [6, 6.07) is 9.05. The van der Waals surface area contributed by atoms with Crippen molar-refractivity contribution in [1.29, 1.82) is 0 Å². The number of rotatable bonds is 7. The number of ketones is 3. The van der Waals surface area contributed by atoms with Crippen molar-refractivity contribution in [3.05, 3.63) is 35.9 Å². The van der Waals surface area contributed by atoms with E-state index in [9.17, 15) is 19.2 Å². The van der Waals surface area contributed by atoms with E-state index in [1.54, 1.807) is 12.1 Å². The molecule has 0 aromatic heterocycles. The highest BCUT2D eigenvalue weighted by atomic mass is 16.2. The predicted molar refractivity (Wildman–Crippen MR) is 75.7 cm³/mol. The average Bonchev–Trinajstić information content (AvgIpc) is 3.27. The quantitative estimate of drug-likeness (QED) is 0.753. The molecule has 0 aliphatic carbocycles. The van der Waals surface area contributed by atoms with Crippen molar-refractivity contribution in [3.8, 4) is 0 Å². The van der Waals surface area contributed by atoms with Gasteiger partial charge in [-0.15, -0.1) is 10.2 Å². The number of Topliss-reactive ketones (excluding diaryl/α,β-unsaturated/α-hetero) is 3. The SMILES string of the molecule is CC(=O)C(C(=O)NCc1ccccc1)C(=O)C1(C(C)=O)N=N1. The standard InChI is InChI=1S/C15H15N3O4/c1-9(19)12(13(21)15(10(2)20)17-18-15)14(22)16-8-11-6-4-3-5-7-11/h3-7,12H,8H2,1-2H3,(H,16,22). The maximum Gasteiger partial charge on any atom is 0.306 e. The normalized spacial score (nSPS) is 15.7. The number of hydrogen-bond donors (Lipinski definition) is 1. The summed E-state index contributed by atoms with van der Waals surface area (Å²) in [4.78, 5) is 47.5. The van der Waals surface area contributed by atoms with Crippen LogP contribution in [0.25, 0.3) is 0 Å². The van der Waals surface area contributed by atoms with Crippen LogP contribution >= 0.6 is 0 Å². The molecule has 0 radical (unpaired) electrons. The van der Waals surface area contributed by atoms with E-state index < -0.39 is 34.8 Å². The van der Waals surface area contributed by atoms with Crippen molar-refractivity contribution >= 4 is 23.3 Å². The van der Waals surface area contributed by atoms with Gasteiger partial charge in [-0.3, -0.25) is 19.2 Å². The summed E-state index contributed by atoms with van der Waals surface area (Å²) >= 11 is 0. The second kappa shape index (κ2) is 5.97. The second-order valence-electron chi connectivity index (χ2n) is 5.04. The minimum absolute atomic E-state index is 0.179. The molecule has 1 amide bonds. The van der Waals surface area contributed by atoms with Crippen molar-refractivity contribution in [3.63, 3.8) is 0 Å². The van der Waals surface area contributed by atoms with Gasteiger partial charge in [0, 0.05) is 6.54 Å². The van der Waals surface area contributed by atoms with Gasteiger partial charge in [-0.05, 0) is 19.4 Å². The highest BCUT2D eigenvalue weighted by molar-refractivity contribution is 6.27. The van der Waals surface area contributed by atoms with Gasteiger partial charge in [0.25, 0.3) is 0 Å². The molecule has 22 heavy (non-hydrogen) atoms. The number of nitrogens with one attached hydrogen (secondary N) is 1. The topological polar surface area (TPSA) is 105 Å². The zero-order chi connectivity index (χ0) is 16.3. The van der Waals surface area contributed by atoms with Gasteiger partial charge in [-0.25, -0.2) is 0 Å². The van der Waals surface area contributed by atoms with Crippen LogP contribution in [0.3, 0.4) is 0 Å². The third kappa shape index (κ3) is 2.98. The van der Waals surface area contributed by atoms with Crippen molar-refractivity contribution in [2.75, 3.05) is 0 Å². The van der Waals surface area contributed by atoms with Gasteiger partial charge < -0.3 is 5.32 Å². The molecule has 7 nitrogen and oxygen atoms in total. The summed E-state index contributed by atoms with van der Waals surface area (Å²) in [6.45, 7) is 2.45. The number of carbonyl (C=O) groups is 4. The monoisotopic (exact) mass is 301 g/mol. The zero-order valence-corrected chi connectivity index (χ0v) is 12.2. The largest absolute Gasteiger partial charge is 0.351 e. The molecule has 0 bridgehead atoms. The fraction of sp³-hybridized carbons (Fsp3) is 0.333. The number of amides is 1. The van der Waals surface area contributed by atoms with Gasteiger partial charge >= 0.3 is 5.66 Å². The lowest BCUT2D eigenvalue weighted by atomic mass is 9.89. The molecule has 1 aromatic rings. The van der Waals surface area contributed by atoms with Crippen LogP contribution < -0.4 is 5.32 Å². The van der Waals surface area contributed by atoms with Crippen LogP contribution in [0.2, 0.25) is 0 Å². The number of nitrogens with zero attached hydrogens (tertiary/aromatic N) is 2.